The number of aryl methyl sites for hydroxylation is 2. The number of hydrogen-bond acceptors (Lipinski definition) is 7. The van der Waals surface area contributed by atoms with Gasteiger partial charge >= 0.3 is 6.09 Å². The Labute approximate surface area is 357 Å². The van der Waals surface area contributed by atoms with Gasteiger partial charge < -0.3 is 36.6 Å². The molecule has 0 radical (unpaired) electrons. The highest BCUT2D eigenvalue weighted by Gasteiger charge is 2.44. The van der Waals surface area contributed by atoms with Crippen LogP contribution in [0.15, 0.2) is 66.7 Å². The molecule has 0 spiro atoms. The smallest absolute Gasteiger partial charge is 0.407 e. The maximum Gasteiger partial charge on any atom is 0.407 e. The third-order valence-corrected chi connectivity index (χ3v) is 13.0. The van der Waals surface area contributed by atoms with Crippen molar-refractivity contribution >= 4 is 35.6 Å². The second-order valence-corrected chi connectivity index (χ2v) is 18.2. The lowest BCUT2D eigenvalue weighted by molar-refractivity contribution is -0.147. The first kappa shape index (κ1) is 43.3. The summed E-state index contributed by atoms with van der Waals surface area (Å²) in [6.45, 7) is 7.29. The van der Waals surface area contributed by atoms with Crippen LogP contribution in [-0.4, -0.2) is 94.3 Å². The first-order chi connectivity index (χ1) is 29.1. The molecule has 1 saturated heterocycles. The van der Waals surface area contributed by atoms with E-state index in [4.69, 9.17) is 0 Å². The standard InChI is InChI=1S/C47H59N7O7/c1-27(53(5)46(60)61)41(55)52-40(47(2,3)4)45(59)54-26-32-22-31(21-20-30(32)23-39(54)44(58)51-37-19-11-15-29-13-7-9-17-35(29)37)42(56)49-33-24-38(48-25-33)43(57)50-36-18-10-14-28-12-6-8-16-34(28)36/h6-9,12-13,16-17,20-22,27,33,36-40,48H,10-11,14-15,18-19,23-26H2,1-5H3,(H,49,56)(H,50,57)(H,51,58)(H,52,55)(H,60,61)/t27-,33-,36+,37+,38-,39-,40+/m0/s1. The number of carbonyl (C=O) groups is 6. The van der Waals surface area contributed by atoms with Crippen LogP contribution in [0.1, 0.15) is 116 Å². The molecule has 3 aromatic carbocycles. The van der Waals surface area contributed by atoms with Crippen LogP contribution >= 0.6 is 0 Å². The van der Waals surface area contributed by atoms with Gasteiger partial charge in [-0.15, -0.1) is 0 Å². The highest BCUT2D eigenvalue weighted by Crippen LogP contribution is 2.33. The Hall–Kier alpha value is -5.76. The summed E-state index contributed by atoms with van der Waals surface area (Å²) in [5.74, 6) is -1.86. The summed E-state index contributed by atoms with van der Waals surface area (Å²) in [5.41, 5.74) is 5.74. The van der Waals surface area contributed by atoms with Crippen molar-refractivity contribution in [1.82, 2.24) is 36.4 Å². The monoisotopic (exact) mass is 833 g/mol. The minimum atomic E-state index is -1.29. The summed E-state index contributed by atoms with van der Waals surface area (Å²) in [7, 11) is 1.29. The van der Waals surface area contributed by atoms with Crippen LogP contribution in [0.5, 0.6) is 0 Å². The fourth-order valence-corrected chi connectivity index (χ4v) is 9.27. The minimum Gasteiger partial charge on any atom is -0.465 e. The average molecular weight is 834 g/mol. The van der Waals surface area contributed by atoms with Crippen molar-refractivity contribution in [3.63, 3.8) is 0 Å². The van der Waals surface area contributed by atoms with Gasteiger partial charge in [-0.2, -0.15) is 0 Å². The lowest BCUT2D eigenvalue weighted by Gasteiger charge is -2.42. The van der Waals surface area contributed by atoms with Gasteiger partial charge in [-0.3, -0.25) is 28.9 Å². The molecule has 324 valence electrons. The van der Waals surface area contributed by atoms with Crippen LogP contribution < -0.4 is 26.6 Å². The third-order valence-electron chi connectivity index (χ3n) is 13.0. The maximum atomic E-state index is 14.8. The number of nitrogens with one attached hydrogen (secondary N) is 5. The Kier molecular flexibility index (Phi) is 12.8. The number of carboxylic acid groups (broad SMARTS) is 1. The molecule has 0 saturated carbocycles. The van der Waals surface area contributed by atoms with Crippen molar-refractivity contribution in [3.05, 3.63) is 106 Å². The fourth-order valence-electron chi connectivity index (χ4n) is 9.27. The number of carbonyl (C=O) groups excluding carboxylic acids is 5. The van der Waals surface area contributed by atoms with E-state index in [0.29, 0.717) is 24.1 Å². The molecule has 61 heavy (non-hydrogen) atoms. The number of likely N-dealkylation sites (N-methyl/N-ethyl adjacent to an activating group) is 1. The second-order valence-electron chi connectivity index (χ2n) is 18.2. The van der Waals surface area contributed by atoms with Gasteiger partial charge in [0.05, 0.1) is 18.1 Å². The highest BCUT2D eigenvalue weighted by molar-refractivity contribution is 5.96. The highest BCUT2D eigenvalue weighted by atomic mass is 16.4. The van der Waals surface area contributed by atoms with Crippen LogP contribution in [-0.2, 0) is 45.0 Å². The van der Waals surface area contributed by atoms with E-state index >= 15 is 0 Å². The molecule has 7 atom stereocenters. The predicted molar refractivity (Wildman–Crippen MR) is 229 cm³/mol. The number of benzene rings is 3. The maximum absolute atomic E-state index is 14.8. The molecular weight excluding hydrogens is 775 g/mol. The number of nitrogens with zero attached hydrogens (tertiary/aromatic N) is 2. The van der Waals surface area contributed by atoms with Gasteiger partial charge in [-0.25, -0.2) is 4.79 Å². The Morgan fingerprint density at radius 3 is 2.02 bits per heavy atom. The van der Waals surface area contributed by atoms with Gasteiger partial charge in [0, 0.05) is 38.2 Å². The van der Waals surface area contributed by atoms with Crippen LogP contribution in [0.25, 0.3) is 0 Å². The number of fused-ring (bicyclic) bond motifs is 3. The van der Waals surface area contributed by atoms with Crippen molar-refractivity contribution in [2.45, 2.75) is 128 Å². The topological polar surface area (TPSA) is 189 Å². The molecule has 6 amide bonds. The number of hydrogen-bond donors (Lipinski definition) is 6. The quantitative estimate of drug-likeness (QED) is 0.174. The van der Waals surface area contributed by atoms with Gasteiger partial charge in [0.15, 0.2) is 0 Å². The molecule has 2 aliphatic carbocycles. The van der Waals surface area contributed by atoms with Gasteiger partial charge in [-0.05, 0) is 103 Å². The predicted octanol–water partition coefficient (Wildman–Crippen LogP) is 4.32. The van der Waals surface area contributed by atoms with Crippen LogP contribution in [0.2, 0.25) is 0 Å². The van der Waals surface area contributed by atoms with E-state index < -0.39 is 47.5 Å². The molecule has 7 rings (SSSR count). The van der Waals surface area contributed by atoms with Crippen molar-refractivity contribution in [3.8, 4) is 0 Å². The lowest BCUT2D eigenvalue weighted by atomic mass is 9.83. The summed E-state index contributed by atoms with van der Waals surface area (Å²) >= 11 is 0. The summed E-state index contributed by atoms with van der Waals surface area (Å²) in [6, 6.07) is 17.4. The Morgan fingerprint density at radius 1 is 0.803 bits per heavy atom. The van der Waals surface area contributed by atoms with Crippen molar-refractivity contribution in [1.29, 1.82) is 0 Å². The van der Waals surface area contributed by atoms with Gasteiger partial charge in [-0.1, -0.05) is 75.4 Å². The van der Waals surface area contributed by atoms with Crippen molar-refractivity contribution in [2.24, 2.45) is 5.41 Å². The molecule has 0 unspecified atom stereocenters. The molecule has 1 fully saturated rings. The normalized spacial score (nSPS) is 22.9. The van der Waals surface area contributed by atoms with E-state index in [2.05, 4.69) is 44.8 Å². The van der Waals surface area contributed by atoms with E-state index in [9.17, 15) is 33.9 Å². The number of rotatable bonds is 10. The molecule has 3 aromatic rings. The molecule has 0 bridgehead atoms. The molecule has 14 nitrogen and oxygen atoms in total. The van der Waals surface area contributed by atoms with E-state index in [1.54, 1.807) is 32.9 Å². The first-order valence-corrected chi connectivity index (χ1v) is 21.6. The molecule has 2 heterocycles. The minimum absolute atomic E-state index is 0.000809. The number of amides is 6. The van der Waals surface area contributed by atoms with E-state index in [-0.39, 0.29) is 48.8 Å². The molecule has 2 aliphatic heterocycles. The summed E-state index contributed by atoms with van der Waals surface area (Å²) < 4.78 is 0. The van der Waals surface area contributed by atoms with Gasteiger partial charge in [0.1, 0.15) is 18.1 Å². The second kappa shape index (κ2) is 18.1. The van der Waals surface area contributed by atoms with E-state index in [1.165, 1.54) is 30.0 Å². The zero-order valence-electron chi connectivity index (χ0n) is 35.8. The molecule has 6 N–H and O–H groups in total. The molecular formula is C47H59N7O7. The average Bonchev–Trinajstić information content (AvgIpc) is 3.72. The zero-order valence-corrected chi connectivity index (χ0v) is 35.8. The Morgan fingerprint density at radius 2 is 1.41 bits per heavy atom. The molecule has 4 aliphatic rings. The Bertz CT molecular complexity index is 2190. The molecule has 0 aromatic heterocycles. The first-order valence-electron chi connectivity index (χ1n) is 21.6. The lowest BCUT2D eigenvalue weighted by Crippen LogP contribution is -2.62. The zero-order chi connectivity index (χ0) is 43.6. The summed E-state index contributed by atoms with van der Waals surface area (Å²) in [5, 5.41) is 25.2. The van der Waals surface area contributed by atoms with Gasteiger partial charge in [0.2, 0.25) is 23.6 Å². The van der Waals surface area contributed by atoms with Crippen molar-refractivity contribution < 1.29 is 33.9 Å². The van der Waals surface area contributed by atoms with E-state index in [0.717, 1.165) is 60.1 Å². The van der Waals surface area contributed by atoms with Crippen LogP contribution in [0.3, 0.4) is 0 Å². The van der Waals surface area contributed by atoms with E-state index in [1.807, 2.05) is 36.4 Å². The Balaban J connectivity index is 1.08. The van der Waals surface area contributed by atoms with Crippen LogP contribution in [0.4, 0.5) is 4.79 Å². The largest absolute Gasteiger partial charge is 0.465 e. The summed E-state index contributed by atoms with van der Waals surface area (Å²) in [4.78, 5) is 83.9. The van der Waals surface area contributed by atoms with Crippen molar-refractivity contribution in [2.75, 3.05) is 13.6 Å². The fraction of sp³-hybridized carbons (Fsp3) is 0.489. The van der Waals surface area contributed by atoms with Crippen LogP contribution in [0, 0.1) is 5.41 Å². The van der Waals surface area contributed by atoms with Gasteiger partial charge in [0.25, 0.3) is 5.91 Å². The summed E-state index contributed by atoms with van der Waals surface area (Å²) in [6.07, 6.45) is 4.81. The molecule has 14 heteroatoms. The third kappa shape index (κ3) is 9.59. The SMILES string of the molecule is C[C@@H](C(=O)N[C@H](C(=O)N1Cc2cc(C(=O)N[C@@H]3CN[C@H](C(=O)N[C@@H]4CCCc5ccccc54)C3)ccc2C[C@H]1C(=O)N[C@@H]1CCCc2ccccc21)C(C)(C)C)N(C)C(=O)O.